The SMILES string of the molecule is CCOC(=O)N1CCc2sc(S(=O)(=O)Cl)c(C)c2CC1. The van der Waals surface area contributed by atoms with E-state index in [2.05, 4.69) is 0 Å². The number of rotatable bonds is 2. The number of nitrogens with zero attached hydrogens (tertiary/aromatic N) is 1. The molecule has 1 aromatic heterocycles. The number of hydrogen-bond acceptors (Lipinski definition) is 5. The predicted molar refractivity (Wildman–Crippen MR) is 78.1 cm³/mol. The van der Waals surface area contributed by atoms with Gasteiger partial charge in [-0.2, -0.15) is 0 Å². The second-order valence-electron chi connectivity index (χ2n) is 4.54. The van der Waals surface area contributed by atoms with E-state index in [0.717, 1.165) is 10.4 Å². The van der Waals surface area contributed by atoms with Crippen molar-refractivity contribution in [1.29, 1.82) is 0 Å². The highest BCUT2D eigenvalue weighted by molar-refractivity contribution is 8.15. The van der Waals surface area contributed by atoms with E-state index < -0.39 is 9.05 Å². The maximum atomic E-state index is 11.7. The number of carbonyl (C=O) groups is 1. The van der Waals surface area contributed by atoms with Crippen LogP contribution in [0.25, 0.3) is 0 Å². The maximum absolute atomic E-state index is 11.7. The molecule has 0 saturated carbocycles. The van der Waals surface area contributed by atoms with Crippen LogP contribution in [-0.4, -0.2) is 39.1 Å². The van der Waals surface area contributed by atoms with Gasteiger partial charge in [0.25, 0.3) is 9.05 Å². The van der Waals surface area contributed by atoms with Gasteiger partial charge in [-0.25, -0.2) is 13.2 Å². The van der Waals surface area contributed by atoms with Crippen molar-refractivity contribution in [2.24, 2.45) is 0 Å². The Morgan fingerprint density at radius 3 is 2.65 bits per heavy atom. The lowest BCUT2D eigenvalue weighted by atomic mass is 10.1. The van der Waals surface area contributed by atoms with Crippen molar-refractivity contribution in [3.8, 4) is 0 Å². The standard InChI is InChI=1S/C12H16ClNO4S2/c1-3-18-12(15)14-6-4-9-8(2)11(20(13,16)17)19-10(9)5-7-14/h3-7H2,1-2H3. The Morgan fingerprint density at radius 1 is 1.40 bits per heavy atom. The summed E-state index contributed by atoms with van der Waals surface area (Å²) < 4.78 is 28.2. The van der Waals surface area contributed by atoms with Gasteiger partial charge in [0.05, 0.1) is 6.61 Å². The Labute approximate surface area is 126 Å². The molecule has 0 bridgehead atoms. The Morgan fingerprint density at radius 2 is 2.05 bits per heavy atom. The molecule has 1 aromatic rings. The van der Waals surface area contributed by atoms with Crippen LogP contribution in [-0.2, 0) is 26.6 Å². The smallest absolute Gasteiger partial charge is 0.409 e. The minimum Gasteiger partial charge on any atom is -0.450 e. The van der Waals surface area contributed by atoms with Crippen molar-refractivity contribution >= 4 is 37.2 Å². The molecule has 5 nitrogen and oxygen atoms in total. The van der Waals surface area contributed by atoms with Gasteiger partial charge < -0.3 is 9.64 Å². The molecule has 20 heavy (non-hydrogen) atoms. The number of hydrogen-bond donors (Lipinski definition) is 0. The molecule has 8 heteroatoms. The Hall–Kier alpha value is -0.790. The van der Waals surface area contributed by atoms with Crippen LogP contribution in [0.1, 0.15) is 22.9 Å². The molecule has 0 spiro atoms. The van der Waals surface area contributed by atoms with Gasteiger partial charge in [0.15, 0.2) is 0 Å². The monoisotopic (exact) mass is 337 g/mol. The lowest BCUT2D eigenvalue weighted by Gasteiger charge is -2.19. The summed E-state index contributed by atoms with van der Waals surface area (Å²) in [6.45, 7) is 4.96. The van der Waals surface area contributed by atoms with Crippen molar-refractivity contribution in [1.82, 2.24) is 4.90 Å². The number of halogens is 1. The number of thiophene rings is 1. The van der Waals surface area contributed by atoms with Gasteiger partial charge in [0, 0.05) is 28.6 Å². The first-order chi connectivity index (χ1) is 9.34. The van der Waals surface area contributed by atoms with Crippen LogP contribution in [0.3, 0.4) is 0 Å². The van der Waals surface area contributed by atoms with Crippen LogP contribution < -0.4 is 0 Å². The maximum Gasteiger partial charge on any atom is 0.409 e. The van der Waals surface area contributed by atoms with Crippen LogP contribution in [0, 0.1) is 6.92 Å². The molecular formula is C12H16ClNO4S2. The molecule has 1 aliphatic rings. The molecule has 0 fully saturated rings. The summed E-state index contributed by atoms with van der Waals surface area (Å²) in [6.07, 6.45) is 0.945. The first-order valence-corrected chi connectivity index (χ1v) is 9.44. The third-order valence-electron chi connectivity index (χ3n) is 3.30. The molecule has 0 radical (unpaired) electrons. The van der Waals surface area contributed by atoms with Crippen molar-refractivity contribution in [3.63, 3.8) is 0 Å². The Bertz CT molecular complexity index is 624. The number of carbonyl (C=O) groups excluding carboxylic acids is 1. The largest absolute Gasteiger partial charge is 0.450 e. The van der Waals surface area contributed by atoms with Gasteiger partial charge in [-0.1, -0.05) is 0 Å². The summed E-state index contributed by atoms with van der Waals surface area (Å²) in [5, 5.41) is 0. The summed E-state index contributed by atoms with van der Waals surface area (Å²) in [5.74, 6) is 0. The van der Waals surface area contributed by atoms with Gasteiger partial charge in [-0.15, -0.1) is 11.3 Å². The first-order valence-electron chi connectivity index (χ1n) is 6.32. The van der Waals surface area contributed by atoms with E-state index in [1.807, 2.05) is 0 Å². The summed E-state index contributed by atoms with van der Waals surface area (Å²) in [5.41, 5.74) is 1.71. The van der Waals surface area contributed by atoms with Crippen LogP contribution in [0.15, 0.2) is 4.21 Å². The summed E-state index contributed by atoms with van der Waals surface area (Å²) in [4.78, 5) is 14.4. The number of fused-ring (bicyclic) bond motifs is 1. The van der Waals surface area contributed by atoms with Gasteiger partial charge >= 0.3 is 6.09 Å². The van der Waals surface area contributed by atoms with Gasteiger partial charge in [-0.3, -0.25) is 0 Å². The fourth-order valence-corrected chi connectivity index (χ4v) is 5.23. The second-order valence-corrected chi connectivity index (χ2v) is 8.41. The van der Waals surface area contributed by atoms with Crippen LogP contribution in [0.4, 0.5) is 4.79 Å². The van der Waals surface area contributed by atoms with Crippen LogP contribution in [0.5, 0.6) is 0 Å². The summed E-state index contributed by atoms with van der Waals surface area (Å²) in [6, 6.07) is 0. The third kappa shape index (κ3) is 3.10. The molecule has 0 aromatic carbocycles. The third-order valence-corrected chi connectivity index (χ3v) is 6.88. The molecule has 0 unspecified atom stereocenters. The second kappa shape index (κ2) is 5.91. The number of ether oxygens (including phenoxy) is 1. The molecule has 112 valence electrons. The van der Waals surface area contributed by atoms with Gasteiger partial charge in [0.2, 0.25) is 0 Å². The minimum absolute atomic E-state index is 0.230. The van der Waals surface area contributed by atoms with E-state index in [0.29, 0.717) is 38.1 Å². The van der Waals surface area contributed by atoms with Crippen molar-refractivity contribution in [3.05, 3.63) is 16.0 Å². The zero-order valence-corrected chi connectivity index (χ0v) is 13.7. The number of amides is 1. The fraction of sp³-hybridized carbons (Fsp3) is 0.583. The molecule has 2 heterocycles. The molecule has 2 rings (SSSR count). The summed E-state index contributed by atoms with van der Waals surface area (Å²) in [7, 11) is 1.75. The molecule has 0 saturated heterocycles. The molecule has 1 amide bonds. The lowest BCUT2D eigenvalue weighted by molar-refractivity contribution is 0.109. The zero-order valence-electron chi connectivity index (χ0n) is 11.3. The first kappa shape index (κ1) is 15.6. The highest BCUT2D eigenvalue weighted by atomic mass is 35.7. The van der Waals surface area contributed by atoms with Gasteiger partial charge in [-0.05, 0) is 37.8 Å². The Kier molecular flexibility index (Phi) is 4.61. The van der Waals surface area contributed by atoms with Crippen LogP contribution in [0.2, 0.25) is 0 Å². The van der Waals surface area contributed by atoms with Crippen molar-refractivity contribution in [2.45, 2.75) is 30.9 Å². The van der Waals surface area contributed by atoms with Crippen molar-refractivity contribution < 1.29 is 17.9 Å². The van der Waals surface area contributed by atoms with E-state index in [1.54, 1.807) is 18.7 Å². The highest BCUT2D eigenvalue weighted by Crippen LogP contribution is 2.35. The summed E-state index contributed by atoms with van der Waals surface area (Å²) >= 11 is 1.21. The van der Waals surface area contributed by atoms with Crippen LogP contribution >= 0.6 is 22.0 Å². The molecule has 1 aliphatic heterocycles. The molecular weight excluding hydrogens is 322 g/mol. The topological polar surface area (TPSA) is 63.7 Å². The van der Waals surface area contributed by atoms with E-state index >= 15 is 0 Å². The van der Waals surface area contributed by atoms with E-state index in [1.165, 1.54) is 11.3 Å². The van der Waals surface area contributed by atoms with E-state index in [9.17, 15) is 13.2 Å². The lowest BCUT2D eigenvalue weighted by Crippen LogP contribution is -2.33. The molecule has 0 N–H and O–H groups in total. The normalized spacial score (nSPS) is 15.7. The molecule has 0 atom stereocenters. The van der Waals surface area contributed by atoms with E-state index in [-0.39, 0.29) is 10.3 Å². The highest BCUT2D eigenvalue weighted by Gasteiger charge is 2.27. The fourth-order valence-electron chi connectivity index (χ4n) is 2.34. The van der Waals surface area contributed by atoms with Crippen molar-refractivity contribution in [2.75, 3.05) is 19.7 Å². The van der Waals surface area contributed by atoms with E-state index in [4.69, 9.17) is 15.4 Å². The average Bonchev–Trinajstić information content (AvgIpc) is 2.56. The zero-order chi connectivity index (χ0) is 14.9. The average molecular weight is 338 g/mol. The quantitative estimate of drug-likeness (QED) is 0.778. The predicted octanol–water partition coefficient (Wildman–Crippen LogP) is 2.54. The Balaban J connectivity index is 2.23. The molecule has 0 aliphatic carbocycles. The minimum atomic E-state index is -3.69. The van der Waals surface area contributed by atoms with Gasteiger partial charge in [0.1, 0.15) is 4.21 Å².